The maximum absolute atomic E-state index is 14.1. The lowest BCUT2D eigenvalue weighted by atomic mass is 10.1. The van der Waals surface area contributed by atoms with E-state index in [0.29, 0.717) is 42.3 Å². The first kappa shape index (κ1) is 18.8. The van der Waals surface area contributed by atoms with Crippen LogP contribution in [0, 0.1) is 11.6 Å². The van der Waals surface area contributed by atoms with Crippen LogP contribution in [0.2, 0.25) is 0 Å². The maximum atomic E-state index is 14.1. The summed E-state index contributed by atoms with van der Waals surface area (Å²) >= 11 is 1.55. The Hall–Kier alpha value is -2.54. The molecular formula is C21H19F2NO3S. The zero-order chi connectivity index (χ0) is 19.5. The third-order valence-electron chi connectivity index (χ3n) is 4.77. The largest absolute Gasteiger partial charge is 0.454 e. The van der Waals surface area contributed by atoms with Gasteiger partial charge in [-0.1, -0.05) is 6.07 Å². The lowest BCUT2D eigenvalue weighted by molar-refractivity contribution is -0.125. The summed E-state index contributed by atoms with van der Waals surface area (Å²) in [6.45, 7) is 1.28. The van der Waals surface area contributed by atoms with E-state index in [1.165, 1.54) is 12.1 Å². The Balaban J connectivity index is 1.40. The molecule has 0 radical (unpaired) electrons. The van der Waals surface area contributed by atoms with Gasteiger partial charge in [-0.2, -0.15) is 11.8 Å². The highest BCUT2D eigenvalue weighted by atomic mass is 32.2. The number of carbonyl (C=O) groups is 1. The number of hydrogen-bond donors (Lipinski definition) is 0. The second kappa shape index (κ2) is 8.22. The Kier molecular flexibility index (Phi) is 5.52. The third kappa shape index (κ3) is 4.14. The molecule has 146 valence electrons. The van der Waals surface area contributed by atoms with Crippen LogP contribution in [-0.4, -0.2) is 36.4 Å². The molecule has 2 aliphatic heterocycles. The van der Waals surface area contributed by atoms with Gasteiger partial charge < -0.3 is 14.4 Å². The van der Waals surface area contributed by atoms with E-state index < -0.39 is 11.6 Å². The smallest absolute Gasteiger partial charge is 0.246 e. The molecule has 7 heteroatoms. The van der Waals surface area contributed by atoms with Gasteiger partial charge in [0.25, 0.3) is 0 Å². The van der Waals surface area contributed by atoms with Crippen molar-refractivity contribution in [2.24, 2.45) is 0 Å². The summed E-state index contributed by atoms with van der Waals surface area (Å²) in [5.74, 6) is 1.09. The highest BCUT2D eigenvalue weighted by Crippen LogP contribution is 2.36. The molecule has 1 unspecified atom stereocenters. The molecule has 1 amide bonds. The van der Waals surface area contributed by atoms with Gasteiger partial charge in [0.05, 0.1) is 0 Å². The van der Waals surface area contributed by atoms with Gasteiger partial charge in [0.15, 0.2) is 11.5 Å². The van der Waals surface area contributed by atoms with Gasteiger partial charge >= 0.3 is 0 Å². The van der Waals surface area contributed by atoms with Crippen LogP contribution in [0.4, 0.5) is 8.78 Å². The molecule has 0 saturated carbocycles. The monoisotopic (exact) mass is 403 g/mol. The summed E-state index contributed by atoms with van der Waals surface area (Å²) < 4.78 is 38.2. The fourth-order valence-corrected chi connectivity index (χ4v) is 4.53. The number of benzene rings is 2. The Labute approximate surface area is 166 Å². The molecule has 4 rings (SSSR count). The van der Waals surface area contributed by atoms with Crippen molar-refractivity contribution >= 4 is 23.7 Å². The van der Waals surface area contributed by atoms with Crippen LogP contribution < -0.4 is 9.47 Å². The first-order chi connectivity index (χ1) is 13.6. The number of ether oxygens (including phenoxy) is 2. The Morgan fingerprint density at radius 2 is 1.96 bits per heavy atom. The molecule has 2 heterocycles. The molecule has 2 aromatic carbocycles. The van der Waals surface area contributed by atoms with Crippen LogP contribution in [0.3, 0.4) is 0 Å². The Morgan fingerprint density at radius 1 is 1.11 bits per heavy atom. The SMILES string of the molecule is O=C(/C=C/c1ccc2c(c1)OCO2)N1CCSC(c2cc(F)ccc2F)CC1. The standard InChI is InChI=1S/C21H19F2NO3S/c22-15-3-4-17(23)16(12-15)20-7-8-24(9-10-28-20)21(25)6-2-14-1-5-18-19(11-14)27-13-26-18/h1-6,11-12,20H,7-10,13H2/b6-2+. The lowest BCUT2D eigenvalue weighted by Gasteiger charge is -2.18. The third-order valence-corrected chi connectivity index (χ3v) is 6.08. The zero-order valence-electron chi connectivity index (χ0n) is 15.1. The van der Waals surface area contributed by atoms with E-state index in [4.69, 9.17) is 9.47 Å². The van der Waals surface area contributed by atoms with Gasteiger partial charge in [-0.05, 0) is 48.4 Å². The van der Waals surface area contributed by atoms with Crippen LogP contribution in [-0.2, 0) is 4.79 Å². The number of amides is 1. The summed E-state index contributed by atoms with van der Waals surface area (Å²) in [6.07, 6.45) is 3.85. The zero-order valence-corrected chi connectivity index (χ0v) is 15.9. The minimum atomic E-state index is -0.444. The van der Waals surface area contributed by atoms with Gasteiger partial charge in [0.1, 0.15) is 11.6 Å². The molecular weight excluding hydrogens is 384 g/mol. The molecule has 0 spiro atoms. The molecule has 0 bridgehead atoms. The van der Waals surface area contributed by atoms with E-state index in [1.54, 1.807) is 22.7 Å². The first-order valence-corrected chi connectivity index (χ1v) is 10.1. The molecule has 1 saturated heterocycles. The van der Waals surface area contributed by atoms with Crippen LogP contribution in [0.1, 0.15) is 22.8 Å². The summed E-state index contributed by atoms with van der Waals surface area (Å²) in [6, 6.07) is 9.03. The molecule has 28 heavy (non-hydrogen) atoms. The number of halogens is 2. The molecule has 0 aliphatic carbocycles. The van der Waals surface area contributed by atoms with Crippen LogP contribution in [0.5, 0.6) is 11.5 Å². The molecule has 1 fully saturated rings. The van der Waals surface area contributed by atoms with E-state index in [0.717, 1.165) is 17.7 Å². The quantitative estimate of drug-likeness (QED) is 0.712. The number of rotatable bonds is 3. The summed E-state index contributed by atoms with van der Waals surface area (Å²) in [7, 11) is 0. The van der Waals surface area contributed by atoms with Crippen molar-refractivity contribution in [3.05, 3.63) is 65.2 Å². The highest BCUT2D eigenvalue weighted by molar-refractivity contribution is 7.99. The fourth-order valence-electron chi connectivity index (χ4n) is 3.29. The van der Waals surface area contributed by atoms with Crippen molar-refractivity contribution in [2.45, 2.75) is 11.7 Å². The minimum absolute atomic E-state index is 0.0985. The number of hydrogen-bond acceptors (Lipinski definition) is 4. The van der Waals surface area contributed by atoms with Crippen molar-refractivity contribution in [1.29, 1.82) is 0 Å². The molecule has 0 N–H and O–H groups in total. The van der Waals surface area contributed by atoms with Crippen molar-refractivity contribution in [1.82, 2.24) is 4.90 Å². The van der Waals surface area contributed by atoms with E-state index in [2.05, 4.69) is 0 Å². The normalized spacial score (nSPS) is 19.1. The van der Waals surface area contributed by atoms with Crippen molar-refractivity contribution in [3.63, 3.8) is 0 Å². The predicted octanol–water partition coefficient (Wildman–Crippen LogP) is 4.41. The number of thioether (sulfide) groups is 1. The Morgan fingerprint density at radius 3 is 2.86 bits per heavy atom. The predicted molar refractivity (Wildman–Crippen MR) is 104 cm³/mol. The summed E-state index contributed by atoms with van der Waals surface area (Å²) in [5, 5.41) is -0.161. The van der Waals surface area contributed by atoms with Gasteiger partial charge in [-0.15, -0.1) is 0 Å². The fraction of sp³-hybridized carbons (Fsp3) is 0.286. The average molecular weight is 403 g/mol. The summed E-state index contributed by atoms with van der Waals surface area (Å²) in [4.78, 5) is 14.3. The number of nitrogens with zero attached hydrogens (tertiary/aromatic N) is 1. The van der Waals surface area contributed by atoms with Crippen LogP contribution in [0.15, 0.2) is 42.5 Å². The molecule has 1 atom stereocenters. The van der Waals surface area contributed by atoms with E-state index in [1.807, 2.05) is 18.2 Å². The minimum Gasteiger partial charge on any atom is -0.454 e. The average Bonchev–Trinajstić information content (AvgIpc) is 3.03. The molecule has 4 nitrogen and oxygen atoms in total. The van der Waals surface area contributed by atoms with E-state index >= 15 is 0 Å². The number of fused-ring (bicyclic) bond motifs is 1. The van der Waals surface area contributed by atoms with Gasteiger partial charge in [0, 0.05) is 35.7 Å². The van der Waals surface area contributed by atoms with E-state index in [-0.39, 0.29) is 18.0 Å². The molecule has 0 aromatic heterocycles. The topological polar surface area (TPSA) is 38.8 Å². The van der Waals surface area contributed by atoms with Gasteiger partial charge in [-0.25, -0.2) is 8.78 Å². The highest BCUT2D eigenvalue weighted by Gasteiger charge is 2.23. The summed E-state index contributed by atoms with van der Waals surface area (Å²) in [5.41, 5.74) is 1.22. The second-order valence-electron chi connectivity index (χ2n) is 6.59. The van der Waals surface area contributed by atoms with Crippen molar-refractivity contribution in [2.75, 3.05) is 25.6 Å². The van der Waals surface area contributed by atoms with Gasteiger partial charge in [0.2, 0.25) is 12.7 Å². The second-order valence-corrected chi connectivity index (χ2v) is 7.90. The lowest BCUT2D eigenvalue weighted by Crippen LogP contribution is -2.31. The van der Waals surface area contributed by atoms with Crippen LogP contribution >= 0.6 is 11.8 Å². The van der Waals surface area contributed by atoms with Gasteiger partial charge in [-0.3, -0.25) is 4.79 Å². The van der Waals surface area contributed by atoms with Crippen molar-refractivity contribution < 1.29 is 23.0 Å². The maximum Gasteiger partial charge on any atom is 0.246 e. The number of carbonyl (C=O) groups excluding carboxylic acids is 1. The Bertz CT molecular complexity index is 919. The van der Waals surface area contributed by atoms with E-state index in [9.17, 15) is 13.6 Å². The molecule has 2 aliphatic rings. The van der Waals surface area contributed by atoms with Crippen molar-refractivity contribution in [3.8, 4) is 11.5 Å². The first-order valence-electron chi connectivity index (χ1n) is 9.03. The molecule has 2 aromatic rings. The van der Waals surface area contributed by atoms with Crippen LogP contribution in [0.25, 0.3) is 6.08 Å².